The standard InChI is InChI=1S/C15H20ClNO3/c1-10(8-13(18)19)9-17-14(20)15(2,3)11-6-4-5-7-12(11)16/h4-7,10H,8-9H2,1-3H3,(H,17,20)(H,18,19). The molecule has 20 heavy (non-hydrogen) atoms. The van der Waals surface area contributed by atoms with Crippen molar-refractivity contribution in [2.24, 2.45) is 5.92 Å². The summed E-state index contributed by atoms with van der Waals surface area (Å²) in [6.07, 6.45) is 0.0345. The van der Waals surface area contributed by atoms with Crippen LogP contribution in [-0.2, 0) is 15.0 Å². The maximum atomic E-state index is 12.3. The molecule has 1 aromatic rings. The van der Waals surface area contributed by atoms with Crippen molar-refractivity contribution in [2.75, 3.05) is 6.54 Å². The lowest BCUT2D eigenvalue weighted by Crippen LogP contribution is -2.42. The SMILES string of the molecule is CC(CNC(=O)C(C)(C)c1ccccc1Cl)CC(=O)O. The van der Waals surface area contributed by atoms with Gasteiger partial charge in [-0.2, -0.15) is 0 Å². The Balaban J connectivity index is 2.71. The minimum Gasteiger partial charge on any atom is -0.481 e. The van der Waals surface area contributed by atoms with Crippen molar-refractivity contribution >= 4 is 23.5 Å². The lowest BCUT2D eigenvalue weighted by atomic mass is 9.83. The van der Waals surface area contributed by atoms with E-state index in [0.717, 1.165) is 5.56 Å². The number of carbonyl (C=O) groups excluding carboxylic acids is 1. The van der Waals surface area contributed by atoms with Gasteiger partial charge in [0.2, 0.25) is 5.91 Å². The monoisotopic (exact) mass is 297 g/mol. The normalized spacial score (nSPS) is 12.8. The van der Waals surface area contributed by atoms with E-state index in [1.165, 1.54) is 0 Å². The summed E-state index contributed by atoms with van der Waals surface area (Å²) in [4.78, 5) is 22.9. The number of benzene rings is 1. The molecule has 1 amide bonds. The maximum Gasteiger partial charge on any atom is 0.303 e. The zero-order chi connectivity index (χ0) is 15.3. The highest BCUT2D eigenvalue weighted by Crippen LogP contribution is 2.29. The van der Waals surface area contributed by atoms with Gasteiger partial charge in [0.05, 0.1) is 5.41 Å². The van der Waals surface area contributed by atoms with Crippen LogP contribution >= 0.6 is 11.6 Å². The fourth-order valence-electron chi connectivity index (χ4n) is 1.95. The molecule has 0 fully saturated rings. The molecule has 0 saturated carbocycles. The molecule has 0 heterocycles. The highest BCUT2D eigenvalue weighted by atomic mass is 35.5. The highest BCUT2D eigenvalue weighted by molar-refractivity contribution is 6.31. The first-order chi connectivity index (χ1) is 9.25. The summed E-state index contributed by atoms with van der Waals surface area (Å²) < 4.78 is 0. The van der Waals surface area contributed by atoms with E-state index in [0.29, 0.717) is 11.6 Å². The van der Waals surface area contributed by atoms with Gasteiger partial charge in [0, 0.05) is 18.0 Å². The van der Waals surface area contributed by atoms with Gasteiger partial charge in [-0.1, -0.05) is 36.7 Å². The molecule has 2 N–H and O–H groups in total. The molecule has 0 aliphatic heterocycles. The van der Waals surface area contributed by atoms with Gasteiger partial charge in [-0.25, -0.2) is 0 Å². The number of carboxylic acids is 1. The molecular formula is C15H20ClNO3. The van der Waals surface area contributed by atoms with Crippen LogP contribution in [0.1, 0.15) is 32.8 Å². The van der Waals surface area contributed by atoms with Crippen molar-refractivity contribution in [3.63, 3.8) is 0 Å². The van der Waals surface area contributed by atoms with Crippen LogP contribution < -0.4 is 5.32 Å². The van der Waals surface area contributed by atoms with Crippen LogP contribution in [0.5, 0.6) is 0 Å². The number of halogens is 1. The second-order valence-corrected chi connectivity index (χ2v) is 5.93. The zero-order valence-corrected chi connectivity index (χ0v) is 12.7. The predicted molar refractivity (Wildman–Crippen MR) is 78.9 cm³/mol. The number of aliphatic carboxylic acids is 1. The van der Waals surface area contributed by atoms with Gasteiger partial charge >= 0.3 is 5.97 Å². The number of nitrogens with one attached hydrogen (secondary N) is 1. The van der Waals surface area contributed by atoms with E-state index >= 15 is 0 Å². The average molecular weight is 298 g/mol. The van der Waals surface area contributed by atoms with E-state index in [-0.39, 0.29) is 18.2 Å². The van der Waals surface area contributed by atoms with Gasteiger partial charge in [-0.3, -0.25) is 9.59 Å². The van der Waals surface area contributed by atoms with Crippen LogP contribution in [0.4, 0.5) is 0 Å². The molecule has 0 aromatic heterocycles. The summed E-state index contributed by atoms with van der Waals surface area (Å²) in [6, 6.07) is 7.22. The second kappa shape index (κ2) is 6.75. The minimum absolute atomic E-state index is 0.0345. The summed E-state index contributed by atoms with van der Waals surface area (Å²) in [7, 11) is 0. The van der Waals surface area contributed by atoms with E-state index < -0.39 is 11.4 Å². The van der Waals surface area contributed by atoms with Crippen molar-refractivity contribution in [1.29, 1.82) is 0 Å². The van der Waals surface area contributed by atoms with Gasteiger partial charge in [0.1, 0.15) is 0 Å². The van der Waals surface area contributed by atoms with Gasteiger partial charge in [-0.05, 0) is 31.4 Å². The van der Waals surface area contributed by atoms with Crippen molar-refractivity contribution in [3.05, 3.63) is 34.9 Å². The zero-order valence-electron chi connectivity index (χ0n) is 11.9. The molecule has 5 heteroatoms. The predicted octanol–water partition coefficient (Wildman–Crippen LogP) is 2.84. The van der Waals surface area contributed by atoms with Crippen molar-refractivity contribution in [2.45, 2.75) is 32.6 Å². The van der Waals surface area contributed by atoms with Gasteiger partial charge in [0.15, 0.2) is 0 Å². The average Bonchev–Trinajstić information content (AvgIpc) is 2.35. The van der Waals surface area contributed by atoms with Crippen molar-refractivity contribution < 1.29 is 14.7 Å². The minimum atomic E-state index is -0.864. The third-order valence-electron chi connectivity index (χ3n) is 3.25. The van der Waals surface area contributed by atoms with Gasteiger partial charge < -0.3 is 10.4 Å². The molecule has 110 valence electrons. The van der Waals surface area contributed by atoms with Crippen LogP contribution in [-0.4, -0.2) is 23.5 Å². The smallest absolute Gasteiger partial charge is 0.303 e. The number of carboxylic acid groups (broad SMARTS) is 1. The number of hydrogen-bond donors (Lipinski definition) is 2. The maximum absolute atomic E-state index is 12.3. The van der Waals surface area contributed by atoms with Crippen LogP contribution in [0.2, 0.25) is 5.02 Å². The largest absolute Gasteiger partial charge is 0.481 e. The molecule has 0 aliphatic rings. The summed E-state index contributed by atoms with van der Waals surface area (Å²) >= 11 is 6.13. The van der Waals surface area contributed by atoms with Crippen LogP contribution in [0.15, 0.2) is 24.3 Å². The van der Waals surface area contributed by atoms with E-state index in [4.69, 9.17) is 16.7 Å². The molecule has 1 unspecified atom stereocenters. The molecule has 0 aliphatic carbocycles. The fourth-order valence-corrected chi connectivity index (χ4v) is 2.32. The number of rotatable bonds is 6. The lowest BCUT2D eigenvalue weighted by molar-refractivity contribution is -0.138. The number of carbonyl (C=O) groups is 2. The van der Waals surface area contributed by atoms with Crippen LogP contribution in [0, 0.1) is 5.92 Å². The second-order valence-electron chi connectivity index (χ2n) is 5.52. The summed E-state index contributed by atoms with van der Waals surface area (Å²) in [5, 5.41) is 12.0. The van der Waals surface area contributed by atoms with E-state index in [9.17, 15) is 9.59 Å². The molecule has 0 radical (unpaired) electrons. The summed E-state index contributed by atoms with van der Waals surface area (Å²) in [6.45, 7) is 5.72. The Labute approximate surface area is 124 Å². The van der Waals surface area contributed by atoms with Crippen LogP contribution in [0.3, 0.4) is 0 Å². The topological polar surface area (TPSA) is 66.4 Å². The number of amides is 1. The molecule has 4 nitrogen and oxygen atoms in total. The van der Waals surface area contributed by atoms with Crippen molar-refractivity contribution in [3.8, 4) is 0 Å². The van der Waals surface area contributed by atoms with E-state index in [2.05, 4.69) is 5.32 Å². The molecule has 0 bridgehead atoms. The van der Waals surface area contributed by atoms with E-state index in [1.54, 1.807) is 26.8 Å². The van der Waals surface area contributed by atoms with Gasteiger partial charge in [0.25, 0.3) is 0 Å². The summed E-state index contributed by atoms with van der Waals surface area (Å²) in [5.74, 6) is -1.14. The van der Waals surface area contributed by atoms with Crippen LogP contribution in [0.25, 0.3) is 0 Å². The Morgan fingerprint density at radius 2 is 1.95 bits per heavy atom. The Kier molecular flexibility index (Phi) is 5.57. The third-order valence-corrected chi connectivity index (χ3v) is 3.58. The first-order valence-electron chi connectivity index (χ1n) is 6.50. The summed E-state index contributed by atoms with van der Waals surface area (Å²) in [5.41, 5.74) is -0.00793. The molecule has 1 rings (SSSR count). The Morgan fingerprint density at radius 3 is 2.50 bits per heavy atom. The van der Waals surface area contributed by atoms with E-state index in [1.807, 2.05) is 18.2 Å². The molecule has 0 spiro atoms. The first kappa shape index (κ1) is 16.5. The quantitative estimate of drug-likeness (QED) is 0.848. The number of hydrogen-bond acceptors (Lipinski definition) is 2. The molecule has 1 atom stereocenters. The van der Waals surface area contributed by atoms with Gasteiger partial charge in [-0.15, -0.1) is 0 Å². The third kappa shape index (κ3) is 4.23. The Hall–Kier alpha value is -1.55. The molecular weight excluding hydrogens is 278 g/mol. The first-order valence-corrected chi connectivity index (χ1v) is 6.88. The highest BCUT2D eigenvalue weighted by Gasteiger charge is 2.31. The van der Waals surface area contributed by atoms with Crippen molar-refractivity contribution in [1.82, 2.24) is 5.32 Å². The lowest BCUT2D eigenvalue weighted by Gasteiger charge is -2.26. The Morgan fingerprint density at radius 1 is 1.35 bits per heavy atom. The Bertz CT molecular complexity index is 500. The molecule has 0 saturated heterocycles. The fraction of sp³-hybridized carbons (Fsp3) is 0.467. The molecule has 1 aromatic carbocycles.